The van der Waals surface area contributed by atoms with Gasteiger partial charge in [0.25, 0.3) is 0 Å². The Morgan fingerprint density at radius 2 is 1.86 bits per heavy atom. The maximum atomic E-state index is 4.71. The van der Waals surface area contributed by atoms with Crippen molar-refractivity contribution in [2.75, 3.05) is 11.4 Å². The molecule has 2 aromatic heterocycles. The fraction of sp³-hybridized carbons (Fsp3) is 0.278. The SMILES string of the molecule is Cc1nc(N2CCCc3ccccc3C2)c2cccnc2n1. The fourth-order valence-corrected chi connectivity index (χ4v) is 3.17. The highest BCUT2D eigenvalue weighted by Gasteiger charge is 2.18. The van der Waals surface area contributed by atoms with Gasteiger partial charge in [0.05, 0.1) is 5.39 Å². The number of anilines is 1. The molecule has 4 heteroatoms. The lowest BCUT2D eigenvalue weighted by Gasteiger charge is -2.23. The van der Waals surface area contributed by atoms with Crippen molar-refractivity contribution in [1.82, 2.24) is 15.0 Å². The highest BCUT2D eigenvalue weighted by Crippen LogP contribution is 2.27. The summed E-state index contributed by atoms with van der Waals surface area (Å²) in [5.41, 5.74) is 3.63. The van der Waals surface area contributed by atoms with Crippen molar-refractivity contribution in [3.8, 4) is 0 Å². The molecular formula is C18H18N4. The molecule has 0 N–H and O–H groups in total. The Morgan fingerprint density at radius 1 is 1.00 bits per heavy atom. The molecule has 0 radical (unpaired) electrons. The average molecular weight is 290 g/mol. The van der Waals surface area contributed by atoms with Gasteiger partial charge in [0.1, 0.15) is 11.6 Å². The normalized spacial score (nSPS) is 14.7. The Kier molecular flexibility index (Phi) is 3.22. The van der Waals surface area contributed by atoms with E-state index in [-0.39, 0.29) is 0 Å². The van der Waals surface area contributed by atoms with Crippen molar-refractivity contribution in [3.63, 3.8) is 0 Å². The highest BCUT2D eigenvalue weighted by atomic mass is 15.2. The number of aromatic nitrogens is 3. The van der Waals surface area contributed by atoms with Gasteiger partial charge in [-0.05, 0) is 43.0 Å². The second-order valence-electron chi connectivity index (χ2n) is 5.76. The van der Waals surface area contributed by atoms with Crippen LogP contribution in [0.5, 0.6) is 0 Å². The number of hydrogen-bond acceptors (Lipinski definition) is 4. The zero-order valence-corrected chi connectivity index (χ0v) is 12.7. The van der Waals surface area contributed by atoms with E-state index in [1.807, 2.05) is 13.0 Å². The van der Waals surface area contributed by atoms with E-state index in [1.165, 1.54) is 11.1 Å². The quantitative estimate of drug-likeness (QED) is 0.689. The summed E-state index contributed by atoms with van der Waals surface area (Å²) >= 11 is 0. The van der Waals surface area contributed by atoms with Gasteiger partial charge in [-0.25, -0.2) is 15.0 Å². The molecule has 1 aromatic carbocycles. The maximum absolute atomic E-state index is 4.71. The molecule has 22 heavy (non-hydrogen) atoms. The Balaban J connectivity index is 1.82. The van der Waals surface area contributed by atoms with E-state index >= 15 is 0 Å². The van der Waals surface area contributed by atoms with Crippen LogP contribution in [0.15, 0.2) is 42.6 Å². The van der Waals surface area contributed by atoms with E-state index in [1.54, 1.807) is 6.20 Å². The van der Waals surface area contributed by atoms with Crippen LogP contribution in [-0.2, 0) is 13.0 Å². The minimum atomic E-state index is 0.777. The Hall–Kier alpha value is -2.49. The molecule has 0 aliphatic carbocycles. The van der Waals surface area contributed by atoms with Gasteiger partial charge in [0.15, 0.2) is 5.65 Å². The molecule has 3 aromatic rings. The van der Waals surface area contributed by atoms with Crippen molar-refractivity contribution >= 4 is 16.9 Å². The van der Waals surface area contributed by atoms with Gasteiger partial charge in [-0.15, -0.1) is 0 Å². The molecule has 0 saturated heterocycles. The molecule has 0 bridgehead atoms. The first-order chi connectivity index (χ1) is 10.8. The molecule has 3 heterocycles. The molecule has 4 rings (SSSR count). The van der Waals surface area contributed by atoms with Gasteiger partial charge in [0, 0.05) is 19.3 Å². The fourth-order valence-electron chi connectivity index (χ4n) is 3.17. The van der Waals surface area contributed by atoms with Crippen molar-refractivity contribution in [3.05, 3.63) is 59.5 Å². The number of benzene rings is 1. The van der Waals surface area contributed by atoms with Crippen LogP contribution in [0.1, 0.15) is 23.4 Å². The van der Waals surface area contributed by atoms with Crippen LogP contribution in [-0.4, -0.2) is 21.5 Å². The molecule has 0 saturated carbocycles. The number of nitrogens with zero attached hydrogens (tertiary/aromatic N) is 4. The molecular weight excluding hydrogens is 272 g/mol. The predicted octanol–water partition coefficient (Wildman–Crippen LogP) is 3.29. The van der Waals surface area contributed by atoms with Crippen LogP contribution in [0.25, 0.3) is 11.0 Å². The second-order valence-corrected chi connectivity index (χ2v) is 5.76. The standard InChI is InChI=1S/C18H18N4/c1-13-20-17-16(9-4-10-19-17)18(21-13)22-11-5-8-14-6-2-3-7-15(14)12-22/h2-4,6-7,9-10H,5,8,11-12H2,1H3. The molecule has 0 fully saturated rings. The van der Waals surface area contributed by atoms with Crippen LogP contribution in [0, 0.1) is 6.92 Å². The van der Waals surface area contributed by atoms with E-state index < -0.39 is 0 Å². The third-order valence-electron chi connectivity index (χ3n) is 4.22. The largest absolute Gasteiger partial charge is 0.352 e. The summed E-state index contributed by atoms with van der Waals surface area (Å²) in [6.07, 6.45) is 4.06. The minimum Gasteiger partial charge on any atom is -0.352 e. The van der Waals surface area contributed by atoms with Crippen LogP contribution >= 0.6 is 0 Å². The van der Waals surface area contributed by atoms with Gasteiger partial charge in [-0.3, -0.25) is 0 Å². The third kappa shape index (κ3) is 2.30. The summed E-state index contributed by atoms with van der Waals surface area (Å²) in [6, 6.07) is 12.7. The summed E-state index contributed by atoms with van der Waals surface area (Å²) in [4.78, 5) is 15.9. The first-order valence-corrected chi connectivity index (χ1v) is 7.72. The molecule has 0 unspecified atom stereocenters. The van der Waals surface area contributed by atoms with E-state index in [9.17, 15) is 0 Å². The van der Waals surface area contributed by atoms with Crippen molar-refractivity contribution in [1.29, 1.82) is 0 Å². The topological polar surface area (TPSA) is 41.9 Å². The molecule has 0 atom stereocenters. The van der Waals surface area contributed by atoms with E-state index in [2.05, 4.69) is 45.2 Å². The number of fused-ring (bicyclic) bond motifs is 2. The predicted molar refractivity (Wildman–Crippen MR) is 87.9 cm³/mol. The summed E-state index contributed by atoms with van der Waals surface area (Å²) in [7, 11) is 0. The van der Waals surface area contributed by atoms with E-state index in [0.717, 1.165) is 48.6 Å². The maximum Gasteiger partial charge on any atom is 0.164 e. The zero-order valence-electron chi connectivity index (χ0n) is 12.7. The van der Waals surface area contributed by atoms with Gasteiger partial charge in [0.2, 0.25) is 0 Å². The minimum absolute atomic E-state index is 0.777. The molecule has 1 aliphatic heterocycles. The second kappa shape index (κ2) is 5.37. The Bertz CT molecular complexity index is 828. The van der Waals surface area contributed by atoms with Crippen molar-refractivity contribution in [2.45, 2.75) is 26.3 Å². The first-order valence-electron chi connectivity index (χ1n) is 7.72. The van der Waals surface area contributed by atoms with Crippen LogP contribution < -0.4 is 4.90 Å². The van der Waals surface area contributed by atoms with Crippen LogP contribution in [0.3, 0.4) is 0 Å². The lowest BCUT2D eigenvalue weighted by molar-refractivity contribution is 0.754. The van der Waals surface area contributed by atoms with E-state index in [4.69, 9.17) is 4.98 Å². The van der Waals surface area contributed by atoms with Gasteiger partial charge < -0.3 is 4.90 Å². The number of hydrogen-bond donors (Lipinski definition) is 0. The highest BCUT2D eigenvalue weighted by molar-refractivity contribution is 5.86. The summed E-state index contributed by atoms with van der Waals surface area (Å²) in [5, 5.41) is 1.03. The molecule has 0 amide bonds. The number of pyridine rings is 1. The molecule has 1 aliphatic rings. The van der Waals surface area contributed by atoms with Crippen molar-refractivity contribution < 1.29 is 0 Å². The molecule has 110 valence electrons. The summed E-state index contributed by atoms with van der Waals surface area (Å²) < 4.78 is 0. The summed E-state index contributed by atoms with van der Waals surface area (Å²) in [6.45, 7) is 3.84. The lowest BCUT2D eigenvalue weighted by Crippen LogP contribution is -2.24. The Labute approximate surface area is 129 Å². The summed E-state index contributed by atoms with van der Waals surface area (Å²) in [5.74, 6) is 1.78. The third-order valence-corrected chi connectivity index (χ3v) is 4.22. The Morgan fingerprint density at radius 3 is 2.77 bits per heavy atom. The number of aryl methyl sites for hydroxylation is 2. The smallest absolute Gasteiger partial charge is 0.164 e. The molecule has 4 nitrogen and oxygen atoms in total. The zero-order chi connectivity index (χ0) is 14.9. The van der Waals surface area contributed by atoms with Gasteiger partial charge in [-0.1, -0.05) is 24.3 Å². The van der Waals surface area contributed by atoms with Crippen LogP contribution in [0.2, 0.25) is 0 Å². The van der Waals surface area contributed by atoms with Gasteiger partial charge >= 0.3 is 0 Å². The average Bonchev–Trinajstić information content (AvgIpc) is 2.76. The van der Waals surface area contributed by atoms with E-state index in [0.29, 0.717) is 0 Å². The van der Waals surface area contributed by atoms with Gasteiger partial charge in [-0.2, -0.15) is 0 Å². The van der Waals surface area contributed by atoms with Crippen LogP contribution in [0.4, 0.5) is 5.82 Å². The number of rotatable bonds is 1. The van der Waals surface area contributed by atoms with Crippen molar-refractivity contribution in [2.24, 2.45) is 0 Å². The monoisotopic (exact) mass is 290 g/mol. The lowest BCUT2D eigenvalue weighted by atomic mass is 10.0. The first kappa shape index (κ1) is 13.2. The molecule has 0 spiro atoms.